The summed E-state index contributed by atoms with van der Waals surface area (Å²) in [6.45, 7) is 8.97. The Morgan fingerprint density at radius 2 is 1.94 bits per heavy atom. The van der Waals surface area contributed by atoms with Crippen LogP contribution in [0.3, 0.4) is 0 Å². The van der Waals surface area contributed by atoms with Crippen molar-refractivity contribution in [2.24, 2.45) is 0 Å². The summed E-state index contributed by atoms with van der Waals surface area (Å²) in [5.74, 6) is 0.472. The highest BCUT2D eigenvalue weighted by atomic mass is 35.5. The van der Waals surface area contributed by atoms with Gasteiger partial charge in [-0.05, 0) is 37.5 Å². The summed E-state index contributed by atoms with van der Waals surface area (Å²) >= 11 is 6.38. The molecule has 18 heavy (non-hydrogen) atoms. The van der Waals surface area contributed by atoms with Gasteiger partial charge in [0.05, 0.1) is 6.10 Å². The molecule has 1 aromatic carbocycles. The van der Waals surface area contributed by atoms with Crippen molar-refractivity contribution in [2.75, 3.05) is 0 Å². The van der Waals surface area contributed by atoms with Gasteiger partial charge in [0.25, 0.3) is 0 Å². The molecule has 1 atom stereocenters. The molecule has 2 aromatic rings. The summed E-state index contributed by atoms with van der Waals surface area (Å²) in [7, 11) is 0. The van der Waals surface area contributed by atoms with E-state index in [9.17, 15) is 5.11 Å². The van der Waals surface area contributed by atoms with E-state index in [1.807, 2.05) is 4.57 Å². The minimum absolute atomic E-state index is 0.472. The summed E-state index contributed by atoms with van der Waals surface area (Å²) < 4.78 is 2.04. The van der Waals surface area contributed by atoms with Gasteiger partial charge in [-0.3, -0.25) is 0 Å². The Bertz CT molecular complexity index is 569. The fraction of sp³-hybridized carbons (Fsp3) is 0.467. The Morgan fingerprint density at radius 3 is 2.44 bits per heavy atom. The van der Waals surface area contributed by atoms with Crippen LogP contribution >= 0.6 is 11.6 Å². The number of aromatic nitrogens is 1. The monoisotopic (exact) mass is 265 g/mol. The molecule has 0 amide bonds. The van der Waals surface area contributed by atoms with Crippen molar-refractivity contribution in [1.29, 1.82) is 0 Å². The fourth-order valence-electron chi connectivity index (χ4n) is 2.43. The van der Waals surface area contributed by atoms with Crippen LogP contribution < -0.4 is 0 Å². The van der Waals surface area contributed by atoms with Gasteiger partial charge in [-0.25, -0.2) is 0 Å². The van der Waals surface area contributed by atoms with Crippen molar-refractivity contribution in [3.05, 3.63) is 34.5 Å². The number of benzene rings is 1. The highest BCUT2D eigenvalue weighted by Gasteiger charge is 2.18. The van der Waals surface area contributed by atoms with Gasteiger partial charge in [0.2, 0.25) is 0 Å². The number of halogens is 1. The average molecular weight is 266 g/mol. The Kier molecular flexibility index (Phi) is 3.69. The molecule has 0 fully saturated rings. The van der Waals surface area contributed by atoms with Crippen molar-refractivity contribution in [2.45, 2.75) is 46.3 Å². The van der Waals surface area contributed by atoms with Crippen molar-refractivity contribution < 1.29 is 5.11 Å². The second-order valence-electron chi connectivity index (χ2n) is 5.06. The molecule has 0 aliphatic heterocycles. The first-order valence-corrected chi connectivity index (χ1v) is 6.84. The maximum Gasteiger partial charge on any atom is 0.115 e. The second-order valence-corrected chi connectivity index (χ2v) is 5.41. The third-order valence-corrected chi connectivity index (χ3v) is 3.87. The highest BCUT2D eigenvalue weighted by molar-refractivity contribution is 6.32. The molecule has 0 saturated carbocycles. The smallest absolute Gasteiger partial charge is 0.115 e. The van der Waals surface area contributed by atoms with Gasteiger partial charge in [0.1, 0.15) is 5.15 Å². The fourth-order valence-corrected chi connectivity index (χ4v) is 2.90. The summed E-state index contributed by atoms with van der Waals surface area (Å²) in [6.07, 6.45) is -0.546. The molecule has 0 radical (unpaired) electrons. The lowest BCUT2D eigenvalue weighted by Crippen LogP contribution is -1.95. The molecule has 0 spiro atoms. The predicted molar refractivity (Wildman–Crippen MR) is 77.3 cm³/mol. The Labute approximate surface area is 113 Å². The molecule has 2 nitrogen and oxygen atoms in total. The van der Waals surface area contributed by atoms with Crippen molar-refractivity contribution in [3.63, 3.8) is 0 Å². The second kappa shape index (κ2) is 4.94. The molecule has 1 unspecified atom stereocenters. The van der Waals surface area contributed by atoms with Gasteiger partial charge in [0.15, 0.2) is 0 Å². The average Bonchev–Trinajstić information content (AvgIpc) is 2.59. The number of rotatable bonds is 3. The van der Waals surface area contributed by atoms with Crippen LogP contribution in [0.15, 0.2) is 18.2 Å². The van der Waals surface area contributed by atoms with Crippen LogP contribution in [-0.2, 0) is 6.54 Å². The topological polar surface area (TPSA) is 25.2 Å². The number of nitrogens with zero attached hydrogens (tertiary/aromatic N) is 1. The van der Waals surface area contributed by atoms with Gasteiger partial charge >= 0.3 is 0 Å². The zero-order valence-electron chi connectivity index (χ0n) is 11.4. The molecule has 3 heteroatoms. The molecule has 1 aromatic heterocycles. The molecular weight excluding hydrogens is 246 g/mol. The largest absolute Gasteiger partial charge is 0.389 e. The Balaban J connectivity index is 2.79. The van der Waals surface area contributed by atoms with Crippen LogP contribution in [0.25, 0.3) is 10.9 Å². The van der Waals surface area contributed by atoms with Crippen LogP contribution in [0, 0.1) is 0 Å². The number of hydrogen-bond acceptors (Lipinski definition) is 1. The Morgan fingerprint density at radius 1 is 1.28 bits per heavy atom. The van der Waals surface area contributed by atoms with Gasteiger partial charge in [-0.1, -0.05) is 31.5 Å². The zero-order valence-corrected chi connectivity index (χ0v) is 12.1. The molecule has 0 bridgehead atoms. The molecule has 1 N–H and O–H groups in total. The quantitative estimate of drug-likeness (QED) is 0.869. The molecule has 0 saturated heterocycles. The maximum absolute atomic E-state index is 9.94. The number of aryl methyl sites for hydroxylation is 1. The molecule has 2 rings (SSSR count). The first-order chi connectivity index (χ1) is 8.47. The lowest BCUT2D eigenvalue weighted by Gasteiger charge is -2.07. The van der Waals surface area contributed by atoms with Gasteiger partial charge in [0, 0.05) is 23.0 Å². The van der Waals surface area contributed by atoms with E-state index in [1.54, 1.807) is 6.92 Å². The molecule has 98 valence electrons. The molecule has 0 aliphatic rings. The third kappa shape index (κ3) is 2.04. The van der Waals surface area contributed by atoms with E-state index >= 15 is 0 Å². The zero-order chi connectivity index (χ0) is 13.4. The molecule has 0 aliphatic carbocycles. The van der Waals surface area contributed by atoms with Gasteiger partial charge in [-0.15, -0.1) is 0 Å². The van der Waals surface area contributed by atoms with Gasteiger partial charge in [-0.2, -0.15) is 0 Å². The van der Waals surface area contributed by atoms with E-state index in [2.05, 4.69) is 39.0 Å². The summed E-state index contributed by atoms with van der Waals surface area (Å²) in [5, 5.41) is 11.7. The van der Waals surface area contributed by atoms with Crippen LogP contribution in [0.4, 0.5) is 0 Å². The first-order valence-electron chi connectivity index (χ1n) is 6.47. The predicted octanol–water partition coefficient (Wildman–Crippen LogP) is 4.49. The van der Waals surface area contributed by atoms with Crippen molar-refractivity contribution >= 4 is 22.5 Å². The summed E-state index contributed by atoms with van der Waals surface area (Å²) in [6, 6.07) is 6.40. The number of hydrogen-bond donors (Lipinski definition) is 1. The van der Waals surface area contributed by atoms with E-state index in [1.165, 1.54) is 5.56 Å². The molecule has 1 heterocycles. The maximum atomic E-state index is 9.94. The Hall–Kier alpha value is -0.990. The standard InChI is InChI=1S/C15H20ClNO/c1-5-17-13-7-6-11(9(2)3)8-12(13)14(10(4)18)15(17)16/h6-10,18H,5H2,1-4H3. The van der Waals surface area contributed by atoms with Crippen LogP contribution in [0.2, 0.25) is 5.15 Å². The normalized spacial score (nSPS) is 13.5. The van der Waals surface area contributed by atoms with Crippen LogP contribution in [-0.4, -0.2) is 9.67 Å². The third-order valence-electron chi connectivity index (χ3n) is 3.46. The SMILES string of the molecule is CCn1c(Cl)c(C(C)O)c2cc(C(C)C)ccc21. The van der Waals surface area contributed by atoms with Gasteiger partial charge < -0.3 is 9.67 Å². The van der Waals surface area contributed by atoms with E-state index in [0.29, 0.717) is 11.1 Å². The van der Waals surface area contributed by atoms with Crippen LogP contribution in [0.1, 0.15) is 50.8 Å². The lowest BCUT2D eigenvalue weighted by atomic mass is 9.99. The highest BCUT2D eigenvalue weighted by Crippen LogP contribution is 2.35. The van der Waals surface area contributed by atoms with E-state index in [0.717, 1.165) is 23.0 Å². The number of aliphatic hydroxyl groups excluding tert-OH is 1. The van der Waals surface area contributed by atoms with E-state index in [4.69, 9.17) is 11.6 Å². The van der Waals surface area contributed by atoms with Crippen LogP contribution in [0.5, 0.6) is 0 Å². The summed E-state index contributed by atoms with van der Waals surface area (Å²) in [4.78, 5) is 0. The van der Waals surface area contributed by atoms with E-state index < -0.39 is 6.10 Å². The van der Waals surface area contributed by atoms with E-state index in [-0.39, 0.29) is 0 Å². The van der Waals surface area contributed by atoms with Crippen molar-refractivity contribution in [3.8, 4) is 0 Å². The number of fused-ring (bicyclic) bond motifs is 1. The minimum Gasteiger partial charge on any atom is -0.389 e. The first kappa shape index (κ1) is 13.4. The summed E-state index contributed by atoms with van der Waals surface area (Å²) in [5.41, 5.74) is 3.22. The molecular formula is C15H20ClNO. The minimum atomic E-state index is -0.546. The van der Waals surface area contributed by atoms with Crippen molar-refractivity contribution in [1.82, 2.24) is 4.57 Å². The number of aliphatic hydroxyl groups is 1. The lowest BCUT2D eigenvalue weighted by molar-refractivity contribution is 0.200.